The molecule has 1 fully saturated rings. The molecule has 0 N–H and O–H groups in total. The number of fused-ring (bicyclic) bond motifs is 1. The van der Waals surface area contributed by atoms with Crippen LogP contribution in [0.15, 0.2) is 53.7 Å². The van der Waals surface area contributed by atoms with Gasteiger partial charge < -0.3 is 14.7 Å². The quantitative estimate of drug-likeness (QED) is 0.565. The topological polar surface area (TPSA) is 116 Å². The number of carboxylic acids is 1. The molecule has 0 aliphatic carbocycles. The number of aromatic carboxylic acids is 1. The van der Waals surface area contributed by atoms with Gasteiger partial charge in [0.25, 0.3) is 5.91 Å². The first-order chi connectivity index (χ1) is 13.4. The third-order valence-corrected chi connectivity index (χ3v) is 4.72. The van der Waals surface area contributed by atoms with Crippen LogP contribution in [0.4, 0.5) is 5.69 Å². The maximum Gasteiger partial charge on any atom is 0.278 e. The summed E-state index contributed by atoms with van der Waals surface area (Å²) in [5.41, 5.74) is 1.28. The number of carbonyl (C=O) groups excluding carboxylic acids is 4. The lowest BCUT2D eigenvalue weighted by molar-refractivity contribution is -0.255. The van der Waals surface area contributed by atoms with Gasteiger partial charge in [-0.2, -0.15) is 0 Å². The molecule has 2 aromatic carbocycles. The van der Waals surface area contributed by atoms with Crippen LogP contribution in [-0.2, 0) is 14.4 Å². The van der Waals surface area contributed by atoms with Gasteiger partial charge in [0, 0.05) is 5.56 Å². The molecule has 0 spiro atoms. The van der Waals surface area contributed by atoms with E-state index in [-0.39, 0.29) is 17.0 Å². The molecule has 0 saturated carbocycles. The molecule has 0 unspecified atom stereocenters. The summed E-state index contributed by atoms with van der Waals surface area (Å²) in [6.07, 6.45) is -1.21. The van der Waals surface area contributed by atoms with Crippen LogP contribution in [0.3, 0.4) is 0 Å². The fourth-order valence-electron chi connectivity index (χ4n) is 3.22. The zero-order chi connectivity index (χ0) is 20.0. The second-order valence-corrected chi connectivity index (χ2v) is 6.52. The lowest BCUT2D eigenvalue weighted by Crippen LogP contribution is -2.34. The number of anilines is 1. The van der Waals surface area contributed by atoms with Crippen LogP contribution in [-0.4, -0.2) is 35.4 Å². The number of aryl methyl sites for hydroxylation is 1. The predicted molar refractivity (Wildman–Crippen MR) is 94.6 cm³/mol. The lowest BCUT2D eigenvalue weighted by atomic mass is 9.93. The molecule has 2 aliphatic heterocycles. The van der Waals surface area contributed by atoms with E-state index < -0.39 is 35.6 Å². The van der Waals surface area contributed by atoms with Crippen molar-refractivity contribution in [3.63, 3.8) is 0 Å². The van der Waals surface area contributed by atoms with Crippen LogP contribution in [0.2, 0.25) is 0 Å². The van der Waals surface area contributed by atoms with Gasteiger partial charge in [0.15, 0.2) is 0 Å². The summed E-state index contributed by atoms with van der Waals surface area (Å²) in [7, 11) is 0. The second kappa shape index (κ2) is 6.41. The van der Waals surface area contributed by atoms with Crippen molar-refractivity contribution >= 4 is 35.0 Å². The first-order valence-corrected chi connectivity index (χ1v) is 8.43. The fourth-order valence-corrected chi connectivity index (χ4v) is 3.22. The van der Waals surface area contributed by atoms with Crippen LogP contribution in [0, 0.1) is 12.8 Å². The molecule has 0 aromatic heterocycles. The Kier molecular flexibility index (Phi) is 4.03. The van der Waals surface area contributed by atoms with E-state index in [2.05, 4.69) is 5.16 Å². The number of hydrogen-bond acceptors (Lipinski definition) is 7. The highest BCUT2D eigenvalue weighted by Gasteiger charge is 2.57. The van der Waals surface area contributed by atoms with Crippen molar-refractivity contribution in [2.45, 2.75) is 13.0 Å². The van der Waals surface area contributed by atoms with Gasteiger partial charge in [-0.3, -0.25) is 14.4 Å². The molecular formula is C20H13N2O6-. The number of nitrogens with zero attached hydrogens (tertiary/aromatic N) is 2. The van der Waals surface area contributed by atoms with Crippen molar-refractivity contribution in [3.05, 3.63) is 65.2 Å². The Bertz CT molecular complexity index is 1040. The number of ketones is 1. The average Bonchev–Trinajstić information content (AvgIpc) is 3.22. The van der Waals surface area contributed by atoms with E-state index in [1.54, 1.807) is 24.3 Å². The molecule has 2 aliphatic rings. The fraction of sp³-hybridized carbons (Fsp3) is 0.150. The van der Waals surface area contributed by atoms with Crippen molar-refractivity contribution in [2.75, 3.05) is 4.90 Å². The summed E-state index contributed by atoms with van der Waals surface area (Å²) >= 11 is 0. The van der Waals surface area contributed by atoms with E-state index in [1.165, 1.54) is 24.3 Å². The van der Waals surface area contributed by atoms with Gasteiger partial charge in [0.2, 0.25) is 17.8 Å². The highest BCUT2D eigenvalue weighted by atomic mass is 16.7. The maximum absolute atomic E-state index is 12.9. The van der Waals surface area contributed by atoms with Gasteiger partial charge in [-0.15, -0.1) is 0 Å². The van der Waals surface area contributed by atoms with Gasteiger partial charge in [-0.1, -0.05) is 47.1 Å². The molecule has 8 nitrogen and oxygen atoms in total. The molecule has 2 atom stereocenters. The second-order valence-electron chi connectivity index (χ2n) is 6.52. The SMILES string of the molecule is Cc1ccc(C(=O)C2=NO[C@H]3C(=O)N(c4ccc(C(=O)[O-])cc4)C(=O)[C@@H]23)cc1. The van der Waals surface area contributed by atoms with E-state index in [0.29, 0.717) is 5.56 Å². The van der Waals surface area contributed by atoms with Crippen LogP contribution in [0.5, 0.6) is 0 Å². The number of imide groups is 1. The zero-order valence-electron chi connectivity index (χ0n) is 14.6. The number of benzene rings is 2. The summed E-state index contributed by atoms with van der Waals surface area (Å²) in [4.78, 5) is 55.1. The Labute approximate surface area is 159 Å². The summed E-state index contributed by atoms with van der Waals surface area (Å²) in [6.45, 7) is 1.88. The van der Waals surface area contributed by atoms with Gasteiger partial charge in [0.05, 0.1) is 11.7 Å². The van der Waals surface area contributed by atoms with Crippen LogP contribution >= 0.6 is 0 Å². The molecule has 2 heterocycles. The van der Waals surface area contributed by atoms with Crippen molar-refractivity contribution in [1.29, 1.82) is 0 Å². The highest BCUT2D eigenvalue weighted by molar-refractivity contribution is 6.52. The molecule has 2 aromatic rings. The monoisotopic (exact) mass is 377 g/mol. The van der Waals surface area contributed by atoms with Crippen LogP contribution in [0.1, 0.15) is 26.3 Å². The number of Topliss-reactive ketones (excluding diaryl/α,β-unsaturated/α-hetero) is 1. The number of amides is 2. The van der Waals surface area contributed by atoms with Gasteiger partial charge in [-0.05, 0) is 24.6 Å². The number of carboxylic acid groups (broad SMARTS) is 1. The minimum Gasteiger partial charge on any atom is -0.545 e. The van der Waals surface area contributed by atoms with Gasteiger partial charge in [0.1, 0.15) is 11.6 Å². The Morgan fingerprint density at radius 3 is 2.18 bits per heavy atom. The molecule has 4 rings (SSSR count). The molecule has 0 bridgehead atoms. The minimum absolute atomic E-state index is 0.0870. The Morgan fingerprint density at radius 2 is 1.57 bits per heavy atom. The normalized spacial score (nSPS) is 20.6. The third-order valence-electron chi connectivity index (χ3n) is 4.72. The molecular weight excluding hydrogens is 364 g/mol. The van der Waals surface area contributed by atoms with Gasteiger partial charge >= 0.3 is 0 Å². The Hall–Kier alpha value is -3.81. The molecule has 140 valence electrons. The predicted octanol–water partition coefficient (Wildman–Crippen LogP) is 0.486. The highest BCUT2D eigenvalue weighted by Crippen LogP contribution is 2.34. The van der Waals surface area contributed by atoms with Crippen LogP contribution < -0.4 is 10.0 Å². The lowest BCUT2D eigenvalue weighted by Gasteiger charge is -2.16. The van der Waals surface area contributed by atoms with Gasteiger partial charge in [-0.25, -0.2) is 4.90 Å². The molecule has 2 amide bonds. The number of rotatable bonds is 4. The number of oxime groups is 1. The van der Waals surface area contributed by atoms with E-state index >= 15 is 0 Å². The third kappa shape index (κ3) is 2.66. The average molecular weight is 377 g/mol. The van der Waals surface area contributed by atoms with Crippen molar-refractivity contribution in [2.24, 2.45) is 11.1 Å². The molecule has 28 heavy (non-hydrogen) atoms. The smallest absolute Gasteiger partial charge is 0.278 e. The minimum atomic E-state index is -1.37. The first kappa shape index (κ1) is 17.6. The van der Waals surface area contributed by atoms with Crippen molar-refractivity contribution in [1.82, 2.24) is 0 Å². The molecule has 0 radical (unpaired) electrons. The largest absolute Gasteiger partial charge is 0.545 e. The Morgan fingerprint density at radius 1 is 0.964 bits per heavy atom. The number of carbonyl (C=O) groups is 4. The zero-order valence-corrected chi connectivity index (χ0v) is 14.6. The summed E-state index contributed by atoms with van der Waals surface area (Å²) in [5.74, 6) is -4.30. The van der Waals surface area contributed by atoms with Crippen molar-refractivity contribution in [3.8, 4) is 0 Å². The van der Waals surface area contributed by atoms with E-state index in [4.69, 9.17) is 4.84 Å². The van der Waals surface area contributed by atoms with Crippen molar-refractivity contribution < 1.29 is 29.1 Å². The summed E-state index contributed by atoms with van der Waals surface area (Å²) < 4.78 is 0. The summed E-state index contributed by atoms with van der Waals surface area (Å²) in [5, 5.41) is 14.6. The maximum atomic E-state index is 12.9. The first-order valence-electron chi connectivity index (χ1n) is 8.43. The summed E-state index contributed by atoms with van der Waals surface area (Å²) in [6, 6.07) is 11.8. The van der Waals surface area contributed by atoms with Crippen LogP contribution in [0.25, 0.3) is 0 Å². The standard InChI is InChI=1S/C20H14N2O6/c1-10-2-4-11(5-3-10)16(23)15-14-17(28-21-15)19(25)22(18(14)24)13-8-6-12(7-9-13)20(26)27/h2-9,14,17H,1H3,(H,26,27)/p-1/t14-,17+/m0/s1. The van der Waals surface area contributed by atoms with E-state index in [9.17, 15) is 24.3 Å². The molecule has 1 saturated heterocycles. The molecule has 8 heteroatoms. The van der Waals surface area contributed by atoms with E-state index in [1.807, 2.05) is 6.92 Å². The Balaban J connectivity index is 1.63. The van der Waals surface area contributed by atoms with E-state index in [0.717, 1.165) is 10.5 Å². The number of hydrogen-bond donors (Lipinski definition) is 0.